The van der Waals surface area contributed by atoms with Crippen molar-refractivity contribution in [3.05, 3.63) is 17.0 Å². The molecule has 1 atom stereocenters. The molecule has 120 valence electrons. The summed E-state index contributed by atoms with van der Waals surface area (Å²) < 4.78 is 5.17. The van der Waals surface area contributed by atoms with Gasteiger partial charge in [-0.1, -0.05) is 5.16 Å². The van der Waals surface area contributed by atoms with Crippen LogP contribution in [0.15, 0.2) is 9.52 Å². The average molecular weight is 424 g/mol. The predicted octanol–water partition coefficient (Wildman–Crippen LogP) is 2.51. The fourth-order valence-corrected chi connectivity index (χ4v) is 3.60. The minimum absolute atomic E-state index is 0. The number of hydrogen-bond acceptors (Lipinski definition) is 4. The first-order valence-electron chi connectivity index (χ1n) is 7.18. The molecule has 0 amide bonds. The highest BCUT2D eigenvalue weighted by Gasteiger charge is 2.15. The van der Waals surface area contributed by atoms with Crippen LogP contribution in [0.3, 0.4) is 0 Å². The summed E-state index contributed by atoms with van der Waals surface area (Å²) in [5.41, 5.74) is 2.17. The molecule has 0 bridgehead atoms. The number of aryl methyl sites for hydroxylation is 2. The van der Waals surface area contributed by atoms with Gasteiger partial charge in [0, 0.05) is 31.0 Å². The van der Waals surface area contributed by atoms with Crippen molar-refractivity contribution in [2.45, 2.75) is 38.4 Å². The van der Waals surface area contributed by atoms with Crippen molar-refractivity contribution in [3.63, 3.8) is 0 Å². The van der Waals surface area contributed by atoms with Gasteiger partial charge in [-0.3, -0.25) is 4.99 Å². The Hall–Kier alpha value is -0.440. The second kappa shape index (κ2) is 9.55. The topological polar surface area (TPSA) is 62.5 Å². The van der Waals surface area contributed by atoms with Crippen molar-refractivity contribution in [3.8, 4) is 0 Å². The molecule has 1 fully saturated rings. The largest absolute Gasteiger partial charge is 0.361 e. The molecule has 1 aliphatic rings. The summed E-state index contributed by atoms with van der Waals surface area (Å²) in [4.78, 5) is 4.26. The molecule has 0 aliphatic carbocycles. The van der Waals surface area contributed by atoms with E-state index in [1.807, 2.05) is 20.9 Å². The molecule has 1 unspecified atom stereocenters. The highest BCUT2D eigenvalue weighted by atomic mass is 127. The van der Waals surface area contributed by atoms with Gasteiger partial charge in [0.15, 0.2) is 5.96 Å². The molecule has 0 saturated carbocycles. The highest BCUT2D eigenvalue weighted by Crippen LogP contribution is 2.25. The first kappa shape index (κ1) is 18.6. The van der Waals surface area contributed by atoms with E-state index in [0.717, 1.165) is 42.2 Å². The Morgan fingerprint density at radius 1 is 1.43 bits per heavy atom. The molecule has 0 aromatic carbocycles. The number of aromatic nitrogens is 1. The van der Waals surface area contributed by atoms with Crippen molar-refractivity contribution < 1.29 is 4.52 Å². The van der Waals surface area contributed by atoms with Gasteiger partial charge in [-0.05, 0) is 38.9 Å². The van der Waals surface area contributed by atoms with Crippen LogP contribution in [-0.4, -0.2) is 42.3 Å². The van der Waals surface area contributed by atoms with Crippen molar-refractivity contribution >= 4 is 41.7 Å². The molecule has 1 saturated heterocycles. The zero-order valence-electron chi connectivity index (χ0n) is 12.9. The summed E-state index contributed by atoms with van der Waals surface area (Å²) in [6.07, 6.45) is 3.56. The molecular weight excluding hydrogens is 399 g/mol. The first-order valence-corrected chi connectivity index (χ1v) is 8.23. The second-order valence-corrected chi connectivity index (χ2v) is 6.48. The number of thioether (sulfide) groups is 1. The maximum Gasteiger partial charge on any atom is 0.191 e. The lowest BCUT2D eigenvalue weighted by Crippen LogP contribution is -2.41. The van der Waals surface area contributed by atoms with E-state index in [-0.39, 0.29) is 24.0 Å². The van der Waals surface area contributed by atoms with E-state index >= 15 is 0 Å². The van der Waals surface area contributed by atoms with E-state index in [4.69, 9.17) is 4.52 Å². The molecule has 1 aromatic heterocycles. The Morgan fingerprint density at radius 3 is 2.81 bits per heavy atom. The monoisotopic (exact) mass is 424 g/mol. The van der Waals surface area contributed by atoms with Gasteiger partial charge in [0.2, 0.25) is 0 Å². The summed E-state index contributed by atoms with van der Waals surface area (Å²) in [6, 6.07) is 0. The predicted molar refractivity (Wildman–Crippen MR) is 99.9 cm³/mol. The molecule has 2 rings (SSSR count). The molecule has 0 spiro atoms. The van der Waals surface area contributed by atoms with E-state index < -0.39 is 0 Å². The van der Waals surface area contributed by atoms with Crippen LogP contribution in [0.5, 0.6) is 0 Å². The Bertz CT molecular complexity index is 438. The van der Waals surface area contributed by atoms with Crippen LogP contribution < -0.4 is 10.6 Å². The number of nitrogens with one attached hydrogen (secondary N) is 2. The van der Waals surface area contributed by atoms with Crippen LogP contribution in [0, 0.1) is 13.8 Å². The van der Waals surface area contributed by atoms with Gasteiger partial charge in [-0.2, -0.15) is 11.8 Å². The summed E-state index contributed by atoms with van der Waals surface area (Å²) >= 11 is 2.05. The van der Waals surface area contributed by atoms with Crippen LogP contribution in [-0.2, 0) is 6.42 Å². The van der Waals surface area contributed by atoms with Gasteiger partial charge in [-0.15, -0.1) is 24.0 Å². The molecular formula is C14H25IN4OS. The van der Waals surface area contributed by atoms with E-state index in [2.05, 4.69) is 32.5 Å². The molecule has 7 heteroatoms. The van der Waals surface area contributed by atoms with Crippen molar-refractivity contribution in [2.24, 2.45) is 4.99 Å². The third kappa shape index (κ3) is 5.69. The van der Waals surface area contributed by atoms with Gasteiger partial charge in [0.25, 0.3) is 0 Å². The number of rotatable bonds is 5. The van der Waals surface area contributed by atoms with Gasteiger partial charge in [-0.25, -0.2) is 0 Å². The van der Waals surface area contributed by atoms with Crippen molar-refractivity contribution in [1.82, 2.24) is 15.8 Å². The summed E-state index contributed by atoms with van der Waals surface area (Å²) in [5, 5.41) is 11.4. The standard InChI is InChI=1S/C14H24N4OS.HI/c1-10-13(11(2)19-18-10)6-7-16-14(15-3)17-9-12-5-4-8-20-12;/h12H,4-9H2,1-3H3,(H2,15,16,17);1H. The van der Waals surface area contributed by atoms with Crippen LogP contribution >= 0.6 is 35.7 Å². The average Bonchev–Trinajstić information content (AvgIpc) is 3.06. The van der Waals surface area contributed by atoms with Crippen LogP contribution in [0.1, 0.15) is 29.9 Å². The van der Waals surface area contributed by atoms with E-state index in [9.17, 15) is 0 Å². The Balaban J connectivity index is 0.00000220. The number of nitrogens with zero attached hydrogens (tertiary/aromatic N) is 2. The summed E-state index contributed by atoms with van der Waals surface area (Å²) in [5.74, 6) is 3.09. The van der Waals surface area contributed by atoms with Gasteiger partial charge in [0.1, 0.15) is 5.76 Å². The Kier molecular flexibility index (Phi) is 8.46. The molecule has 1 aromatic rings. The fraction of sp³-hybridized carbons (Fsp3) is 0.714. The lowest BCUT2D eigenvalue weighted by molar-refractivity contribution is 0.392. The number of hydrogen-bond donors (Lipinski definition) is 2. The Labute approximate surface area is 148 Å². The van der Waals surface area contributed by atoms with Crippen LogP contribution in [0.4, 0.5) is 0 Å². The number of guanidine groups is 1. The zero-order chi connectivity index (χ0) is 14.4. The minimum atomic E-state index is 0. The highest BCUT2D eigenvalue weighted by molar-refractivity contribution is 14.0. The lowest BCUT2D eigenvalue weighted by Gasteiger charge is -2.14. The first-order chi connectivity index (χ1) is 9.70. The molecule has 2 heterocycles. The van der Waals surface area contributed by atoms with E-state index in [1.54, 1.807) is 0 Å². The van der Waals surface area contributed by atoms with Gasteiger partial charge < -0.3 is 15.2 Å². The SMILES string of the molecule is CN=C(NCCc1c(C)noc1C)NCC1CCCS1.I. The molecule has 0 radical (unpaired) electrons. The molecule has 2 N–H and O–H groups in total. The van der Waals surface area contributed by atoms with Crippen molar-refractivity contribution in [2.75, 3.05) is 25.9 Å². The molecule has 21 heavy (non-hydrogen) atoms. The maximum absolute atomic E-state index is 5.17. The minimum Gasteiger partial charge on any atom is -0.361 e. The normalized spacial score (nSPS) is 18.4. The zero-order valence-corrected chi connectivity index (χ0v) is 16.1. The summed E-state index contributed by atoms with van der Waals surface area (Å²) in [6.45, 7) is 5.77. The second-order valence-electron chi connectivity index (χ2n) is 5.07. The van der Waals surface area contributed by atoms with Crippen LogP contribution in [0.2, 0.25) is 0 Å². The quantitative estimate of drug-likeness (QED) is 0.432. The number of halogens is 1. The summed E-state index contributed by atoms with van der Waals surface area (Å²) in [7, 11) is 1.81. The van der Waals surface area contributed by atoms with Gasteiger partial charge >= 0.3 is 0 Å². The lowest BCUT2D eigenvalue weighted by atomic mass is 10.1. The smallest absolute Gasteiger partial charge is 0.191 e. The third-order valence-corrected chi connectivity index (χ3v) is 4.99. The van der Waals surface area contributed by atoms with Crippen LogP contribution in [0.25, 0.3) is 0 Å². The van der Waals surface area contributed by atoms with Crippen molar-refractivity contribution in [1.29, 1.82) is 0 Å². The number of aliphatic imine (C=N–C) groups is 1. The molecule has 5 nitrogen and oxygen atoms in total. The van der Waals surface area contributed by atoms with E-state index in [0.29, 0.717) is 0 Å². The Morgan fingerprint density at radius 2 is 2.24 bits per heavy atom. The third-order valence-electron chi connectivity index (χ3n) is 3.59. The molecule has 1 aliphatic heterocycles. The fourth-order valence-electron chi connectivity index (χ4n) is 2.40. The van der Waals surface area contributed by atoms with E-state index in [1.165, 1.54) is 24.2 Å². The maximum atomic E-state index is 5.17. The van der Waals surface area contributed by atoms with Gasteiger partial charge in [0.05, 0.1) is 5.69 Å².